The minimum atomic E-state index is 0.146. The Hall–Kier alpha value is -1.85. The summed E-state index contributed by atoms with van der Waals surface area (Å²) in [5.41, 5.74) is 8.02. The first kappa shape index (κ1) is 13.1. The third-order valence-corrected chi connectivity index (χ3v) is 4.40. The third kappa shape index (κ3) is 1.90. The minimum absolute atomic E-state index is 0.146. The second kappa shape index (κ2) is 4.33. The van der Waals surface area contributed by atoms with Crippen LogP contribution in [0.2, 0.25) is 0 Å². The standard InChI is InChI=1S/C14H22N6/c1-5-6-8-17-12(20-19-8)10-9(14(10,3)4)11-7(2)16-13(15)18-11/h9-10H,5-6H2,1-4H3,(H3,15,16,18)(H,17,19,20)/t9-,10-/m0/s1. The van der Waals surface area contributed by atoms with Crippen molar-refractivity contribution >= 4 is 5.95 Å². The molecule has 2 atom stereocenters. The lowest BCUT2D eigenvalue weighted by atomic mass is 10.1. The van der Waals surface area contributed by atoms with Gasteiger partial charge < -0.3 is 10.7 Å². The van der Waals surface area contributed by atoms with Crippen molar-refractivity contribution in [1.82, 2.24) is 25.1 Å². The average Bonchev–Trinajstić information content (AvgIpc) is 2.70. The summed E-state index contributed by atoms with van der Waals surface area (Å²) in [5.74, 6) is 3.10. The molecule has 2 aromatic heterocycles. The van der Waals surface area contributed by atoms with Crippen molar-refractivity contribution < 1.29 is 0 Å². The third-order valence-electron chi connectivity index (χ3n) is 4.40. The van der Waals surface area contributed by atoms with Crippen LogP contribution in [0, 0.1) is 12.3 Å². The monoisotopic (exact) mass is 274 g/mol. The maximum atomic E-state index is 5.76. The van der Waals surface area contributed by atoms with E-state index in [0.717, 1.165) is 35.9 Å². The molecule has 0 amide bonds. The number of hydrogen-bond acceptors (Lipinski definition) is 4. The molecule has 1 aliphatic rings. The van der Waals surface area contributed by atoms with Crippen molar-refractivity contribution in [2.45, 2.75) is 52.4 Å². The summed E-state index contributed by atoms with van der Waals surface area (Å²) in [6.07, 6.45) is 1.98. The molecule has 0 bridgehead atoms. The molecular formula is C14H22N6. The van der Waals surface area contributed by atoms with E-state index >= 15 is 0 Å². The number of aromatic amines is 2. The normalized spacial score (nSPS) is 24.0. The number of anilines is 1. The molecule has 2 heterocycles. The molecule has 6 nitrogen and oxygen atoms in total. The van der Waals surface area contributed by atoms with Gasteiger partial charge in [-0.25, -0.2) is 9.97 Å². The van der Waals surface area contributed by atoms with Gasteiger partial charge in [-0.15, -0.1) is 0 Å². The smallest absolute Gasteiger partial charge is 0.197 e. The topological polar surface area (TPSA) is 96.3 Å². The number of nitrogens with two attached hydrogens (primary N) is 1. The summed E-state index contributed by atoms with van der Waals surface area (Å²) in [6.45, 7) is 8.63. The number of nitrogens with zero attached hydrogens (tertiary/aromatic N) is 3. The first-order valence-corrected chi connectivity index (χ1v) is 7.18. The van der Waals surface area contributed by atoms with Gasteiger partial charge in [0.05, 0.1) is 5.69 Å². The molecule has 0 aliphatic heterocycles. The van der Waals surface area contributed by atoms with Crippen molar-refractivity contribution in [3.8, 4) is 0 Å². The van der Waals surface area contributed by atoms with Crippen LogP contribution in [0.15, 0.2) is 0 Å². The molecule has 1 aliphatic carbocycles. The molecular weight excluding hydrogens is 252 g/mol. The molecule has 0 saturated heterocycles. The van der Waals surface area contributed by atoms with Crippen LogP contribution in [0.3, 0.4) is 0 Å². The van der Waals surface area contributed by atoms with Gasteiger partial charge in [-0.05, 0) is 18.8 Å². The molecule has 0 unspecified atom stereocenters. The lowest BCUT2D eigenvalue weighted by molar-refractivity contribution is 0.590. The Kier molecular flexibility index (Phi) is 2.84. The second-order valence-corrected chi connectivity index (χ2v) is 6.28. The van der Waals surface area contributed by atoms with Crippen LogP contribution in [0.5, 0.6) is 0 Å². The van der Waals surface area contributed by atoms with Crippen LogP contribution in [0.4, 0.5) is 5.95 Å². The molecule has 4 N–H and O–H groups in total. The van der Waals surface area contributed by atoms with Gasteiger partial charge in [0.1, 0.15) is 5.82 Å². The predicted octanol–water partition coefficient (Wildman–Crippen LogP) is 2.28. The Bertz CT molecular complexity index is 623. The van der Waals surface area contributed by atoms with Crippen molar-refractivity contribution in [2.24, 2.45) is 5.41 Å². The van der Waals surface area contributed by atoms with E-state index in [1.165, 1.54) is 0 Å². The Balaban J connectivity index is 1.89. The second-order valence-electron chi connectivity index (χ2n) is 6.28. The van der Waals surface area contributed by atoms with Crippen LogP contribution >= 0.6 is 0 Å². The SMILES string of the molecule is CCCc1n[nH]c([C@@H]2[C@@H](c3[nH]c(N)nc3C)C2(C)C)n1. The van der Waals surface area contributed by atoms with E-state index in [1.54, 1.807) is 0 Å². The van der Waals surface area contributed by atoms with Crippen LogP contribution < -0.4 is 5.73 Å². The van der Waals surface area contributed by atoms with E-state index < -0.39 is 0 Å². The number of aryl methyl sites for hydroxylation is 2. The summed E-state index contributed by atoms with van der Waals surface area (Å²) in [6, 6.07) is 0. The number of rotatable bonds is 4. The zero-order valence-corrected chi connectivity index (χ0v) is 12.5. The summed E-state index contributed by atoms with van der Waals surface area (Å²) < 4.78 is 0. The highest BCUT2D eigenvalue weighted by atomic mass is 15.2. The summed E-state index contributed by atoms with van der Waals surface area (Å²) >= 11 is 0. The molecule has 6 heteroatoms. The van der Waals surface area contributed by atoms with E-state index in [4.69, 9.17) is 5.73 Å². The number of nitrogen functional groups attached to an aromatic ring is 1. The van der Waals surface area contributed by atoms with Gasteiger partial charge in [0.25, 0.3) is 0 Å². The Morgan fingerprint density at radius 2 is 2.00 bits per heavy atom. The van der Waals surface area contributed by atoms with E-state index in [9.17, 15) is 0 Å². The van der Waals surface area contributed by atoms with Gasteiger partial charge in [-0.2, -0.15) is 5.10 Å². The molecule has 1 saturated carbocycles. The first-order chi connectivity index (χ1) is 9.45. The molecule has 20 heavy (non-hydrogen) atoms. The van der Waals surface area contributed by atoms with Gasteiger partial charge in [0.2, 0.25) is 0 Å². The Labute approximate surface area is 118 Å². The Morgan fingerprint density at radius 3 is 2.60 bits per heavy atom. The summed E-state index contributed by atoms with van der Waals surface area (Å²) in [4.78, 5) is 12.1. The molecule has 3 rings (SSSR count). The molecule has 108 valence electrons. The fourth-order valence-electron chi connectivity index (χ4n) is 3.27. The fraction of sp³-hybridized carbons (Fsp3) is 0.643. The first-order valence-electron chi connectivity index (χ1n) is 7.18. The summed E-state index contributed by atoms with van der Waals surface area (Å²) in [7, 11) is 0. The van der Waals surface area contributed by atoms with Gasteiger partial charge in [0, 0.05) is 24.0 Å². The average molecular weight is 274 g/mol. The van der Waals surface area contributed by atoms with Crippen molar-refractivity contribution in [3.63, 3.8) is 0 Å². The van der Waals surface area contributed by atoms with Crippen LogP contribution in [-0.2, 0) is 6.42 Å². The molecule has 0 aromatic carbocycles. The number of imidazole rings is 1. The minimum Gasteiger partial charge on any atom is -0.369 e. The number of nitrogens with one attached hydrogen (secondary N) is 2. The van der Waals surface area contributed by atoms with Gasteiger partial charge in [0.15, 0.2) is 11.8 Å². The zero-order chi connectivity index (χ0) is 14.5. The fourth-order valence-corrected chi connectivity index (χ4v) is 3.27. The largest absolute Gasteiger partial charge is 0.369 e. The number of H-pyrrole nitrogens is 2. The highest BCUT2D eigenvalue weighted by Gasteiger charge is 2.62. The molecule has 0 spiro atoms. The molecule has 2 aromatic rings. The predicted molar refractivity (Wildman–Crippen MR) is 77.4 cm³/mol. The van der Waals surface area contributed by atoms with Crippen molar-refractivity contribution in [3.05, 3.63) is 23.0 Å². The lowest BCUT2D eigenvalue weighted by Gasteiger charge is -2.00. The summed E-state index contributed by atoms with van der Waals surface area (Å²) in [5, 5.41) is 7.41. The zero-order valence-electron chi connectivity index (χ0n) is 12.5. The number of hydrogen-bond donors (Lipinski definition) is 3. The highest BCUT2D eigenvalue weighted by Crippen LogP contribution is 2.69. The van der Waals surface area contributed by atoms with E-state index in [0.29, 0.717) is 17.8 Å². The van der Waals surface area contributed by atoms with Crippen molar-refractivity contribution in [1.29, 1.82) is 0 Å². The van der Waals surface area contributed by atoms with E-state index in [2.05, 4.69) is 45.9 Å². The maximum absolute atomic E-state index is 5.76. The quantitative estimate of drug-likeness (QED) is 0.796. The van der Waals surface area contributed by atoms with E-state index in [-0.39, 0.29) is 5.41 Å². The van der Waals surface area contributed by atoms with Gasteiger partial charge in [-0.1, -0.05) is 20.8 Å². The van der Waals surface area contributed by atoms with E-state index in [1.807, 2.05) is 6.92 Å². The molecule has 1 fully saturated rings. The van der Waals surface area contributed by atoms with Crippen LogP contribution in [0.25, 0.3) is 0 Å². The molecule has 0 radical (unpaired) electrons. The highest BCUT2D eigenvalue weighted by molar-refractivity contribution is 5.39. The van der Waals surface area contributed by atoms with Crippen LogP contribution in [-0.4, -0.2) is 25.1 Å². The van der Waals surface area contributed by atoms with Gasteiger partial charge >= 0.3 is 0 Å². The number of aromatic nitrogens is 5. The maximum Gasteiger partial charge on any atom is 0.197 e. The van der Waals surface area contributed by atoms with Crippen molar-refractivity contribution in [2.75, 3.05) is 5.73 Å². The lowest BCUT2D eigenvalue weighted by Crippen LogP contribution is -1.93. The Morgan fingerprint density at radius 1 is 1.25 bits per heavy atom. The van der Waals surface area contributed by atoms with Gasteiger partial charge in [-0.3, -0.25) is 5.10 Å². The van der Waals surface area contributed by atoms with Crippen LogP contribution in [0.1, 0.15) is 62.1 Å².